The van der Waals surface area contributed by atoms with Gasteiger partial charge in [-0.3, -0.25) is 10.1 Å². The number of hydrogen-bond acceptors (Lipinski definition) is 6. The number of nitro groups is 1. The molecule has 2 aromatic carbocycles. The highest BCUT2D eigenvalue weighted by Crippen LogP contribution is 2.25. The Balaban J connectivity index is 1.58. The third-order valence-corrected chi connectivity index (χ3v) is 4.38. The Labute approximate surface area is 163 Å². The summed E-state index contributed by atoms with van der Waals surface area (Å²) in [6, 6.07) is 13.6. The van der Waals surface area contributed by atoms with Crippen LogP contribution in [0.25, 0.3) is 22.8 Å². The number of nitro benzene ring substituents is 1. The number of non-ortho nitro benzene ring substituents is 1. The first-order chi connectivity index (χ1) is 13.7. The van der Waals surface area contributed by atoms with Crippen LogP contribution in [-0.4, -0.2) is 21.7 Å². The number of ether oxygens (including phenoxy) is 1. The second kappa shape index (κ2) is 9.64. The van der Waals surface area contributed by atoms with E-state index in [4.69, 9.17) is 9.26 Å². The van der Waals surface area contributed by atoms with Crippen molar-refractivity contribution >= 4 is 5.69 Å². The molecule has 0 atom stereocenters. The second-order valence-electron chi connectivity index (χ2n) is 6.51. The van der Waals surface area contributed by atoms with Gasteiger partial charge in [0.25, 0.3) is 11.6 Å². The van der Waals surface area contributed by atoms with E-state index in [-0.39, 0.29) is 5.69 Å². The van der Waals surface area contributed by atoms with Gasteiger partial charge >= 0.3 is 0 Å². The quantitative estimate of drug-likeness (QED) is 0.256. The molecule has 0 bridgehead atoms. The fourth-order valence-electron chi connectivity index (χ4n) is 2.78. The van der Waals surface area contributed by atoms with E-state index in [1.165, 1.54) is 37.8 Å². The first-order valence-corrected chi connectivity index (χ1v) is 9.49. The largest absolute Gasteiger partial charge is 0.494 e. The van der Waals surface area contributed by atoms with Crippen molar-refractivity contribution in [3.8, 4) is 28.6 Å². The van der Waals surface area contributed by atoms with Crippen LogP contribution in [0.15, 0.2) is 53.1 Å². The van der Waals surface area contributed by atoms with Gasteiger partial charge in [-0.05, 0) is 42.8 Å². The smallest absolute Gasteiger partial charge is 0.269 e. The van der Waals surface area contributed by atoms with E-state index in [1.807, 2.05) is 24.3 Å². The topological polar surface area (TPSA) is 91.3 Å². The van der Waals surface area contributed by atoms with Gasteiger partial charge in [-0.15, -0.1) is 0 Å². The molecule has 0 fully saturated rings. The van der Waals surface area contributed by atoms with E-state index in [0.29, 0.717) is 17.3 Å². The van der Waals surface area contributed by atoms with Crippen LogP contribution in [0.4, 0.5) is 5.69 Å². The third kappa shape index (κ3) is 5.16. The van der Waals surface area contributed by atoms with Crippen LogP contribution < -0.4 is 4.74 Å². The molecule has 3 aromatic rings. The van der Waals surface area contributed by atoms with Crippen LogP contribution in [0.5, 0.6) is 5.75 Å². The minimum absolute atomic E-state index is 0.0180. The van der Waals surface area contributed by atoms with Crippen molar-refractivity contribution < 1.29 is 14.2 Å². The van der Waals surface area contributed by atoms with Gasteiger partial charge in [0, 0.05) is 23.3 Å². The van der Waals surface area contributed by atoms with E-state index in [2.05, 4.69) is 17.1 Å². The van der Waals surface area contributed by atoms with Crippen LogP contribution in [0, 0.1) is 10.1 Å². The SMILES string of the molecule is CCCCCCCOc1ccc(-c2noc(-c3ccc([N+](=O)[O-])cc3)n2)cc1. The molecule has 0 saturated carbocycles. The molecule has 0 unspecified atom stereocenters. The molecule has 0 radical (unpaired) electrons. The molecule has 146 valence electrons. The standard InChI is InChI=1S/C21H23N3O4/c1-2-3-4-5-6-15-27-19-13-9-16(10-14-19)20-22-21(28-23-20)17-7-11-18(12-8-17)24(25)26/h7-14H,2-6,15H2,1H3. The zero-order chi connectivity index (χ0) is 19.8. The summed E-state index contributed by atoms with van der Waals surface area (Å²) in [5.41, 5.74) is 1.46. The Kier molecular flexibility index (Phi) is 6.73. The van der Waals surface area contributed by atoms with E-state index in [1.54, 1.807) is 12.1 Å². The van der Waals surface area contributed by atoms with E-state index in [9.17, 15) is 10.1 Å². The van der Waals surface area contributed by atoms with Crippen LogP contribution >= 0.6 is 0 Å². The van der Waals surface area contributed by atoms with Gasteiger partial charge in [0.05, 0.1) is 11.5 Å². The molecule has 7 heteroatoms. The van der Waals surface area contributed by atoms with Gasteiger partial charge in [0.2, 0.25) is 5.82 Å². The summed E-state index contributed by atoms with van der Waals surface area (Å²) in [6.07, 6.45) is 6.03. The lowest BCUT2D eigenvalue weighted by Gasteiger charge is -2.06. The molecule has 0 aliphatic carbocycles. The first-order valence-electron chi connectivity index (χ1n) is 9.49. The molecule has 0 amide bonds. The lowest BCUT2D eigenvalue weighted by Crippen LogP contribution is -1.97. The minimum Gasteiger partial charge on any atom is -0.494 e. The predicted molar refractivity (Wildman–Crippen MR) is 106 cm³/mol. The fraction of sp³-hybridized carbons (Fsp3) is 0.333. The molecule has 1 heterocycles. The van der Waals surface area contributed by atoms with E-state index in [0.717, 1.165) is 24.3 Å². The van der Waals surface area contributed by atoms with Crippen molar-refractivity contribution in [2.75, 3.05) is 6.61 Å². The van der Waals surface area contributed by atoms with Crippen LogP contribution in [0.1, 0.15) is 39.0 Å². The molecule has 0 aliphatic heterocycles. The minimum atomic E-state index is -0.447. The summed E-state index contributed by atoms with van der Waals surface area (Å²) in [5.74, 6) is 1.59. The predicted octanol–water partition coefficient (Wildman–Crippen LogP) is 5.66. The van der Waals surface area contributed by atoms with Crippen molar-refractivity contribution in [1.82, 2.24) is 10.1 Å². The van der Waals surface area contributed by atoms with Gasteiger partial charge in [0.1, 0.15) is 5.75 Å². The number of nitrogens with zero attached hydrogens (tertiary/aromatic N) is 3. The maximum absolute atomic E-state index is 10.7. The number of aromatic nitrogens is 2. The van der Waals surface area contributed by atoms with Crippen molar-refractivity contribution in [3.63, 3.8) is 0 Å². The third-order valence-electron chi connectivity index (χ3n) is 4.38. The highest BCUT2D eigenvalue weighted by molar-refractivity contribution is 5.61. The summed E-state index contributed by atoms with van der Waals surface area (Å²) >= 11 is 0. The van der Waals surface area contributed by atoms with Gasteiger partial charge in [-0.1, -0.05) is 37.8 Å². The summed E-state index contributed by atoms with van der Waals surface area (Å²) in [6.45, 7) is 2.92. The van der Waals surface area contributed by atoms with Gasteiger partial charge in [0.15, 0.2) is 0 Å². The first kappa shape index (κ1) is 19.5. The number of rotatable bonds is 10. The molecule has 1 aromatic heterocycles. The molecule has 0 N–H and O–H groups in total. The summed E-state index contributed by atoms with van der Waals surface area (Å²) < 4.78 is 11.0. The number of unbranched alkanes of at least 4 members (excludes halogenated alkanes) is 4. The Morgan fingerprint density at radius 2 is 1.64 bits per heavy atom. The van der Waals surface area contributed by atoms with Crippen LogP contribution in [-0.2, 0) is 0 Å². The van der Waals surface area contributed by atoms with Crippen molar-refractivity contribution in [3.05, 3.63) is 58.6 Å². The molecular formula is C21H23N3O4. The fourth-order valence-corrected chi connectivity index (χ4v) is 2.78. The summed E-state index contributed by atoms with van der Waals surface area (Å²) in [7, 11) is 0. The molecule has 0 aliphatic rings. The van der Waals surface area contributed by atoms with Crippen molar-refractivity contribution in [2.45, 2.75) is 39.0 Å². The van der Waals surface area contributed by atoms with Crippen LogP contribution in [0.2, 0.25) is 0 Å². The Morgan fingerprint density at radius 1 is 0.964 bits per heavy atom. The van der Waals surface area contributed by atoms with Gasteiger partial charge in [-0.25, -0.2) is 0 Å². The molecule has 3 rings (SSSR count). The maximum atomic E-state index is 10.7. The normalized spacial score (nSPS) is 10.8. The average Bonchev–Trinajstić information content (AvgIpc) is 3.21. The highest BCUT2D eigenvalue weighted by atomic mass is 16.6. The molecule has 0 spiro atoms. The molecule has 0 saturated heterocycles. The van der Waals surface area contributed by atoms with Crippen molar-refractivity contribution in [1.29, 1.82) is 0 Å². The average molecular weight is 381 g/mol. The second-order valence-corrected chi connectivity index (χ2v) is 6.51. The monoisotopic (exact) mass is 381 g/mol. The lowest BCUT2D eigenvalue weighted by molar-refractivity contribution is -0.384. The lowest BCUT2D eigenvalue weighted by atomic mass is 10.2. The zero-order valence-corrected chi connectivity index (χ0v) is 15.8. The highest BCUT2D eigenvalue weighted by Gasteiger charge is 2.12. The van der Waals surface area contributed by atoms with Crippen LogP contribution in [0.3, 0.4) is 0 Å². The van der Waals surface area contributed by atoms with Gasteiger partial charge in [-0.2, -0.15) is 4.98 Å². The Morgan fingerprint density at radius 3 is 2.32 bits per heavy atom. The van der Waals surface area contributed by atoms with Crippen molar-refractivity contribution in [2.24, 2.45) is 0 Å². The molecular weight excluding hydrogens is 358 g/mol. The zero-order valence-electron chi connectivity index (χ0n) is 15.8. The summed E-state index contributed by atoms with van der Waals surface area (Å²) in [4.78, 5) is 14.7. The molecule has 7 nitrogen and oxygen atoms in total. The van der Waals surface area contributed by atoms with Gasteiger partial charge < -0.3 is 9.26 Å². The number of benzene rings is 2. The molecule has 28 heavy (non-hydrogen) atoms. The van der Waals surface area contributed by atoms with E-state index >= 15 is 0 Å². The Hall–Kier alpha value is -3.22. The maximum Gasteiger partial charge on any atom is 0.269 e. The Bertz CT molecular complexity index is 889. The number of hydrogen-bond donors (Lipinski definition) is 0. The van der Waals surface area contributed by atoms with E-state index < -0.39 is 4.92 Å². The summed E-state index contributed by atoms with van der Waals surface area (Å²) in [5, 5.41) is 14.7.